The molecule has 1 aromatic heterocycles. The minimum absolute atomic E-state index is 0.763. The molecule has 1 aliphatic heterocycles. The van der Waals surface area contributed by atoms with Gasteiger partial charge in [-0.25, -0.2) is 4.98 Å². The van der Waals surface area contributed by atoms with Crippen LogP contribution in [0.25, 0.3) is 0 Å². The Balaban J connectivity index is 1.57. The third kappa shape index (κ3) is 2.60. The molecule has 2 N–H and O–H groups in total. The molecule has 0 aromatic carbocycles. The molecule has 1 aliphatic carbocycles. The van der Waals surface area contributed by atoms with Crippen molar-refractivity contribution < 1.29 is 0 Å². The van der Waals surface area contributed by atoms with Crippen molar-refractivity contribution >= 4 is 5.82 Å². The van der Waals surface area contributed by atoms with Gasteiger partial charge >= 0.3 is 0 Å². The molecule has 1 fully saturated rings. The topological polar surface area (TPSA) is 37.0 Å². The predicted octanol–water partition coefficient (Wildman–Crippen LogP) is 1.98. The minimum atomic E-state index is 0.763. The SMILES string of the molecule is c1cc2c(nc1NCC1CCCNC1)CCC2. The Morgan fingerprint density at radius 3 is 3.18 bits per heavy atom. The smallest absolute Gasteiger partial charge is 0.126 e. The Labute approximate surface area is 103 Å². The fourth-order valence-electron chi connectivity index (χ4n) is 2.87. The van der Waals surface area contributed by atoms with Gasteiger partial charge in [-0.05, 0) is 62.7 Å². The van der Waals surface area contributed by atoms with Crippen LogP contribution >= 0.6 is 0 Å². The van der Waals surface area contributed by atoms with Crippen molar-refractivity contribution in [2.75, 3.05) is 25.0 Å². The van der Waals surface area contributed by atoms with Crippen LogP contribution in [0.3, 0.4) is 0 Å². The van der Waals surface area contributed by atoms with Gasteiger partial charge in [-0.3, -0.25) is 0 Å². The number of fused-ring (bicyclic) bond motifs is 1. The van der Waals surface area contributed by atoms with Gasteiger partial charge in [-0.15, -0.1) is 0 Å². The summed E-state index contributed by atoms with van der Waals surface area (Å²) in [5, 5.41) is 6.95. The zero-order chi connectivity index (χ0) is 11.5. The number of hydrogen-bond acceptors (Lipinski definition) is 3. The zero-order valence-corrected chi connectivity index (χ0v) is 10.3. The third-order valence-electron chi connectivity index (χ3n) is 3.90. The van der Waals surface area contributed by atoms with Gasteiger partial charge in [0.1, 0.15) is 5.82 Å². The Bertz CT molecular complexity index is 383. The Kier molecular flexibility index (Phi) is 3.27. The number of hydrogen-bond donors (Lipinski definition) is 2. The van der Waals surface area contributed by atoms with Crippen LogP contribution in [-0.4, -0.2) is 24.6 Å². The number of aromatic nitrogens is 1. The van der Waals surface area contributed by atoms with E-state index in [1.165, 1.54) is 43.5 Å². The summed E-state index contributed by atoms with van der Waals surface area (Å²) >= 11 is 0. The first-order chi connectivity index (χ1) is 8.42. The molecule has 0 bridgehead atoms. The summed E-state index contributed by atoms with van der Waals surface area (Å²) in [5.41, 5.74) is 2.77. The fourth-order valence-corrected chi connectivity index (χ4v) is 2.87. The van der Waals surface area contributed by atoms with Gasteiger partial charge in [0, 0.05) is 12.2 Å². The van der Waals surface area contributed by atoms with E-state index in [4.69, 9.17) is 4.98 Å². The standard InChI is InChI=1S/C14H21N3/c1-4-12-6-7-14(17-13(12)5-1)16-10-11-3-2-8-15-9-11/h6-7,11,15H,1-5,8-10H2,(H,16,17). The molecule has 3 heteroatoms. The molecule has 2 aliphatic rings. The molecule has 1 aromatic rings. The van der Waals surface area contributed by atoms with Gasteiger partial charge in [0.15, 0.2) is 0 Å². The maximum atomic E-state index is 4.71. The Hall–Kier alpha value is -1.09. The van der Waals surface area contributed by atoms with E-state index in [2.05, 4.69) is 22.8 Å². The summed E-state index contributed by atoms with van der Waals surface area (Å²) in [5.74, 6) is 1.83. The number of aryl methyl sites for hydroxylation is 2. The molecule has 17 heavy (non-hydrogen) atoms. The average molecular weight is 231 g/mol. The molecule has 3 rings (SSSR count). The van der Waals surface area contributed by atoms with E-state index in [0.717, 1.165) is 31.2 Å². The van der Waals surface area contributed by atoms with Crippen molar-refractivity contribution in [2.45, 2.75) is 32.1 Å². The molecule has 1 saturated heterocycles. The van der Waals surface area contributed by atoms with E-state index in [1.54, 1.807) is 0 Å². The highest BCUT2D eigenvalue weighted by Gasteiger charge is 2.14. The van der Waals surface area contributed by atoms with Crippen LogP contribution in [0.15, 0.2) is 12.1 Å². The Morgan fingerprint density at radius 1 is 1.29 bits per heavy atom. The highest BCUT2D eigenvalue weighted by Crippen LogP contribution is 2.21. The summed E-state index contributed by atoms with van der Waals surface area (Å²) in [6.07, 6.45) is 6.30. The maximum absolute atomic E-state index is 4.71. The highest BCUT2D eigenvalue weighted by atomic mass is 15.0. The summed E-state index contributed by atoms with van der Waals surface area (Å²) in [7, 11) is 0. The van der Waals surface area contributed by atoms with E-state index >= 15 is 0 Å². The van der Waals surface area contributed by atoms with Gasteiger partial charge in [-0.2, -0.15) is 0 Å². The summed E-state index contributed by atoms with van der Waals surface area (Å²) in [6.45, 7) is 3.39. The zero-order valence-electron chi connectivity index (χ0n) is 10.3. The van der Waals surface area contributed by atoms with E-state index in [9.17, 15) is 0 Å². The molecule has 2 heterocycles. The lowest BCUT2D eigenvalue weighted by molar-refractivity contribution is 0.392. The van der Waals surface area contributed by atoms with Gasteiger partial charge in [0.05, 0.1) is 0 Å². The normalized spacial score (nSPS) is 23.4. The van der Waals surface area contributed by atoms with Gasteiger partial charge in [0.25, 0.3) is 0 Å². The number of anilines is 1. The van der Waals surface area contributed by atoms with Crippen LogP contribution in [0.5, 0.6) is 0 Å². The van der Waals surface area contributed by atoms with Crippen LogP contribution in [0.4, 0.5) is 5.82 Å². The van der Waals surface area contributed by atoms with Crippen LogP contribution in [-0.2, 0) is 12.8 Å². The van der Waals surface area contributed by atoms with Crippen molar-refractivity contribution in [3.05, 3.63) is 23.4 Å². The molecule has 0 radical (unpaired) electrons. The first kappa shape index (κ1) is 11.0. The van der Waals surface area contributed by atoms with E-state index in [-0.39, 0.29) is 0 Å². The van der Waals surface area contributed by atoms with E-state index in [1.807, 2.05) is 0 Å². The van der Waals surface area contributed by atoms with Crippen molar-refractivity contribution in [3.8, 4) is 0 Å². The second kappa shape index (κ2) is 5.05. The monoisotopic (exact) mass is 231 g/mol. The van der Waals surface area contributed by atoms with Crippen LogP contribution < -0.4 is 10.6 Å². The molecular weight excluding hydrogens is 210 g/mol. The van der Waals surface area contributed by atoms with Crippen LogP contribution in [0.1, 0.15) is 30.5 Å². The Morgan fingerprint density at radius 2 is 2.29 bits per heavy atom. The average Bonchev–Trinajstić information content (AvgIpc) is 2.85. The number of nitrogens with one attached hydrogen (secondary N) is 2. The van der Waals surface area contributed by atoms with Crippen molar-refractivity contribution in [2.24, 2.45) is 5.92 Å². The fraction of sp³-hybridized carbons (Fsp3) is 0.643. The molecule has 3 nitrogen and oxygen atoms in total. The quantitative estimate of drug-likeness (QED) is 0.835. The van der Waals surface area contributed by atoms with Crippen molar-refractivity contribution in [1.82, 2.24) is 10.3 Å². The molecular formula is C14H21N3. The number of pyridine rings is 1. The molecule has 1 atom stereocenters. The summed E-state index contributed by atoms with van der Waals surface area (Å²) in [4.78, 5) is 4.71. The number of piperidine rings is 1. The van der Waals surface area contributed by atoms with Crippen LogP contribution in [0.2, 0.25) is 0 Å². The van der Waals surface area contributed by atoms with Crippen molar-refractivity contribution in [3.63, 3.8) is 0 Å². The third-order valence-corrected chi connectivity index (χ3v) is 3.90. The van der Waals surface area contributed by atoms with E-state index < -0.39 is 0 Å². The second-order valence-electron chi connectivity index (χ2n) is 5.25. The number of rotatable bonds is 3. The maximum Gasteiger partial charge on any atom is 0.126 e. The first-order valence-electron chi connectivity index (χ1n) is 6.85. The molecule has 0 amide bonds. The molecule has 1 unspecified atom stereocenters. The summed E-state index contributed by atoms with van der Waals surface area (Å²) < 4.78 is 0. The van der Waals surface area contributed by atoms with Crippen molar-refractivity contribution in [1.29, 1.82) is 0 Å². The first-order valence-corrected chi connectivity index (χ1v) is 6.85. The van der Waals surface area contributed by atoms with E-state index in [0.29, 0.717) is 0 Å². The van der Waals surface area contributed by atoms with Crippen LogP contribution in [0, 0.1) is 5.92 Å². The minimum Gasteiger partial charge on any atom is -0.370 e. The number of nitrogens with zero attached hydrogens (tertiary/aromatic N) is 1. The summed E-state index contributed by atoms with van der Waals surface area (Å²) in [6, 6.07) is 4.39. The van der Waals surface area contributed by atoms with Gasteiger partial charge < -0.3 is 10.6 Å². The molecule has 0 spiro atoms. The van der Waals surface area contributed by atoms with Gasteiger partial charge in [0.2, 0.25) is 0 Å². The lowest BCUT2D eigenvalue weighted by Gasteiger charge is -2.23. The molecule has 0 saturated carbocycles. The lowest BCUT2D eigenvalue weighted by Crippen LogP contribution is -2.33. The van der Waals surface area contributed by atoms with Gasteiger partial charge in [-0.1, -0.05) is 6.07 Å². The largest absolute Gasteiger partial charge is 0.370 e. The highest BCUT2D eigenvalue weighted by molar-refractivity contribution is 5.40. The molecule has 92 valence electrons. The second-order valence-corrected chi connectivity index (χ2v) is 5.25. The predicted molar refractivity (Wildman–Crippen MR) is 70.3 cm³/mol. The lowest BCUT2D eigenvalue weighted by atomic mass is 10.00.